The van der Waals surface area contributed by atoms with E-state index in [0.717, 1.165) is 0 Å². The lowest BCUT2D eigenvalue weighted by Crippen LogP contribution is -1.99. The highest BCUT2D eigenvalue weighted by Gasteiger charge is 1.98. The van der Waals surface area contributed by atoms with Gasteiger partial charge in [0, 0.05) is 26.3 Å². The standard InChI is InChI=1S/C8H16O2/c1-2-3-4-5-8(10)6-7-9/h9H,2-7H2,1H3/i1T3,2T2. The summed E-state index contributed by atoms with van der Waals surface area (Å²) >= 11 is 0. The smallest absolute Gasteiger partial charge is 0.135 e. The van der Waals surface area contributed by atoms with Gasteiger partial charge in [-0.05, 0) is 6.42 Å². The Morgan fingerprint density at radius 3 is 3.00 bits per heavy atom. The molecule has 60 valence electrons. The molecule has 0 aliphatic heterocycles. The summed E-state index contributed by atoms with van der Waals surface area (Å²) < 4.78 is 35.3. The molecule has 0 aliphatic rings. The van der Waals surface area contributed by atoms with Crippen LogP contribution in [0.5, 0.6) is 0 Å². The highest BCUT2D eigenvalue weighted by Crippen LogP contribution is 2.00. The highest BCUT2D eigenvalue weighted by molar-refractivity contribution is 5.78. The maximum atomic E-state index is 11.0. The maximum Gasteiger partial charge on any atom is 0.135 e. The van der Waals surface area contributed by atoms with Gasteiger partial charge in [-0.2, -0.15) is 0 Å². The van der Waals surface area contributed by atoms with Gasteiger partial charge in [-0.15, -0.1) is 0 Å². The van der Waals surface area contributed by atoms with Crippen LogP contribution >= 0.6 is 0 Å². The third-order valence-corrected chi connectivity index (χ3v) is 1.15. The van der Waals surface area contributed by atoms with Crippen molar-refractivity contribution < 1.29 is 16.8 Å². The molecule has 0 atom stereocenters. The lowest BCUT2D eigenvalue weighted by atomic mass is 10.1. The lowest BCUT2D eigenvalue weighted by molar-refractivity contribution is -0.119. The van der Waals surface area contributed by atoms with Crippen molar-refractivity contribution in [3.63, 3.8) is 0 Å². The molecule has 0 radical (unpaired) electrons. The van der Waals surface area contributed by atoms with Gasteiger partial charge in [0.15, 0.2) is 0 Å². The van der Waals surface area contributed by atoms with Crippen LogP contribution in [-0.4, -0.2) is 17.5 Å². The average molecular weight is 154 g/mol. The van der Waals surface area contributed by atoms with Gasteiger partial charge < -0.3 is 5.11 Å². The molecule has 0 aromatic carbocycles. The zero-order chi connectivity index (χ0) is 12.1. The summed E-state index contributed by atoms with van der Waals surface area (Å²) in [7, 11) is 0. The molecule has 0 aromatic rings. The summed E-state index contributed by atoms with van der Waals surface area (Å²) in [6.07, 6.45) is -2.04. The van der Waals surface area contributed by atoms with Crippen LogP contribution in [-0.2, 0) is 4.79 Å². The summed E-state index contributed by atoms with van der Waals surface area (Å²) in [6, 6.07) is 0. The van der Waals surface area contributed by atoms with Crippen molar-refractivity contribution in [2.45, 2.75) is 38.9 Å². The second-order valence-electron chi connectivity index (χ2n) is 2.04. The number of rotatable bonds is 6. The van der Waals surface area contributed by atoms with Crippen LogP contribution in [0, 0.1) is 0 Å². The van der Waals surface area contributed by atoms with E-state index in [1.165, 1.54) is 0 Å². The molecule has 0 amide bonds. The minimum Gasteiger partial charge on any atom is -0.396 e. The van der Waals surface area contributed by atoms with Gasteiger partial charge in [-0.1, -0.05) is 19.6 Å². The molecule has 2 heteroatoms. The lowest BCUT2D eigenvalue weighted by Gasteiger charge is -1.95. The maximum absolute atomic E-state index is 11.0. The molecular formula is C8H16O2. The van der Waals surface area contributed by atoms with Crippen molar-refractivity contribution in [2.24, 2.45) is 0 Å². The van der Waals surface area contributed by atoms with E-state index >= 15 is 0 Å². The van der Waals surface area contributed by atoms with Crippen LogP contribution in [0.1, 0.15) is 45.8 Å². The van der Waals surface area contributed by atoms with Gasteiger partial charge in [0.05, 0.1) is 0 Å². The summed E-state index contributed by atoms with van der Waals surface area (Å²) in [4.78, 5) is 11.0. The van der Waals surface area contributed by atoms with E-state index in [1.54, 1.807) is 0 Å². The predicted octanol–water partition coefficient (Wildman–Crippen LogP) is 1.52. The Kier molecular flexibility index (Phi) is 2.60. The molecule has 1 N–H and O–H groups in total. The number of aliphatic hydroxyl groups excluding tert-OH is 1. The van der Waals surface area contributed by atoms with E-state index in [0.29, 0.717) is 0 Å². The van der Waals surface area contributed by atoms with Gasteiger partial charge >= 0.3 is 0 Å². The van der Waals surface area contributed by atoms with Crippen LogP contribution in [0.15, 0.2) is 0 Å². The average Bonchev–Trinajstić information content (AvgIpc) is 2.01. The fourth-order valence-electron chi connectivity index (χ4n) is 0.624. The third-order valence-electron chi connectivity index (χ3n) is 1.15. The zero-order valence-corrected chi connectivity index (χ0v) is 5.89. The van der Waals surface area contributed by atoms with Crippen LogP contribution in [0.25, 0.3) is 0 Å². The molecule has 0 aromatic heterocycles. The fraction of sp³-hybridized carbons (Fsp3) is 0.875. The molecule has 0 heterocycles. The molecular weight excluding hydrogens is 128 g/mol. The summed E-state index contributed by atoms with van der Waals surface area (Å²) in [5.74, 6) is -0.168. The van der Waals surface area contributed by atoms with Crippen LogP contribution in [0.2, 0.25) is 0 Å². The van der Waals surface area contributed by atoms with Crippen molar-refractivity contribution in [1.29, 1.82) is 0 Å². The quantitative estimate of drug-likeness (QED) is 0.629. The monoisotopic (exact) mass is 154 g/mol. The largest absolute Gasteiger partial charge is 0.396 e. The minimum atomic E-state index is -2.65. The molecule has 0 spiro atoms. The molecule has 2 nitrogen and oxygen atoms in total. The van der Waals surface area contributed by atoms with Crippen molar-refractivity contribution in [2.75, 3.05) is 6.61 Å². The van der Waals surface area contributed by atoms with Crippen LogP contribution in [0.4, 0.5) is 0 Å². The molecule has 0 fully saturated rings. The SMILES string of the molecule is [3H]C([3H])([3H])C([3H])([3H])CCCC(=O)CCO. The van der Waals surface area contributed by atoms with Gasteiger partial charge in [0.2, 0.25) is 0 Å². The Bertz CT molecular complexity index is 212. The van der Waals surface area contributed by atoms with Gasteiger partial charge in [-0.25, -0.2) is 0 Å². The Hall–Kier alpha value is -0.370. The highest BCUT2D eigenvalue weighted by atomic mass is 16.3. The van der Waals surface area contributed by atoms with E-state index in [1.807, 2.05) is 0 Å². The fourth-order valence-corrected chi connectivity index (χ4v) is 0.624. The summed E-state index contributed by atoms with van der Waals surface area (Å²) in [6.45, 7) is -2.86. The summed E-state index contributed by atoms with van der Waals surface area (Å²) in [5.41, 5.74) is 0. The molecule has 0 aliphatic carbocycles. The number of ketones is 1. The number of Topliss-reactive ketones (excluding diaryl/α,β-unsaturated/α-hetero) is 1. The van der Waals surface area contributed by atoms with E-state index < -0.39 is 13.2 Å². The Morgan fingerprint density at radius 1 is 1.60 bits per heavy atom. The molecule has 0 unspecified atom stereocenters. The van der Waals surface area contributed by atoms with E-state index in [2.05, 4.69) is 0 Å². The molecule has 0 saturated heterocycles. The van der Waals surface area contributed by atoms with E-state index in [-0.39, 0.29) is 38.1 Å². The van der Waals surface area contributed by atoms with Crippen molar-refractivity contribution in [1.82, 2.24) is 0 Å². The third kappa shape index (κ3) is 5.76. The van der Waals surface area contributed by atoms with E-state index in [4.69, 9.17) is 12.0 Å². The van der Waals surface area contributed by atoms with Gasteiger partial charge in [0.1, 0.15) is 5.78 Å². The Balaban J connectivity index is 3.91. The number of hydrogen-bond donors (Lipinski definition) is 1. The molecule has 0 rings (SSSR count). The van der Waals surface area contributed by atoms with Crippen molar-refractivity contribution >= 4 is 5.78 Å². The Labute approximate surface area is 69.3 Å². The predicted molar refractivity (Wildman–Crippen MR) is 40.9 cm³/mol. The first-order valence-electron chi connectivity index (χ1n) is 5.83. The van der Waals surface area contributed by atoms with Gasteiger partial charge in [-0.3, -0.25) is 4.79 Å². The number of hydrogen-bond acceptors (Lipinski definition) is 2. The first kappa shape index (κ1) is 3.86. The topological polar surface area (TPSA) is 37.3 Å². The second-order valence-corrected chi connectivity index (χ2v) is 2.04. The second kappa shape index (κ2) is 6.75. The van der Waals surface area contributed by atoms with Crippen molar-refractivity contribution in [3.8, 4) is 0 Å². The molecule has 0 saturated carbocycles. The first-order valence-corrected chi connectivity index (χ1v) is 3.33. The Morgan fingerprint density at radius 2 is 2.40 bits per heavy atom. The minimum absolute atomic E-state index is 0.0523. The summed E-state index contributed by atoms with van der Waals surface area (Å²) in [5, 5.41) is 8.44. The number of aliphatic hydroxyl groups is 1. The van der Waals surface area contributed by atoms with Crippen molar-refractivity contribution in [3.05, 3.63) is 0 Å². The van der Waals surface area contributed by atoms with E-state index in [9.17, 15) is 4.79 Å². The number of carbonyl (C=O) groups excluding carboxylic acids is 1. The molecule has 10 heavy (non-hydrogen) atoms. The molecule has 0 bridgehead atoms. The first-order chi connectivity index (χ1) is 6.70. The normalized spacial score (nSPS) is 19.9. The number of carbonyl (C=O) groups is 1. The zero-order valence-electron chi connectivity index (χ0n) is 10.9. The van der Waals surface area contributed by atoms with Crippen LogP contribution < -0.4 is 0 Å². The van der Waals surface area contributed by atoms with Gasteiger partial charge in [0.25, 0.3) is 0 Å². The van der Waals surface area contributed by atoms with Crippen LogP contribution in [0.3, 0.4) is 0 Å².